The Morgan fingerprint density at radius 3 is 2.81 bits per heavy atom. The number of anilines is 1. The fourth-order valence-electron chi connectivity index (χ4n) is 3.82. The lowest BCUT2D eigenvalue weighted by molar-refractivity contribution is 0.629. The molecule has 0 bridgehead atoms. The zero-order valence-corrected chi connectivity index (χ0v) is 17.7. The maximum Gasteiger partial charge on any atom is 0.266 e. The monoisotopic (exact) mass is 429 g/mol. The van der Waals surface area contributed by atoms with Gasteiger partial charge in [-0.2, -0.15) is 0 Å². The number of nitrogens with zero attached hydrogens (tertiary/aromatic N) is 5. The molecule has 0 saturated carbocycles. The highest BCUT2D eigenvalue weighted by molar-refractivity contribution is 5.82. The van der Waals surface area contributed by atoms with Crippen LogP contribution in [0.15, 0.2) is 53.8 Å². The molecule has 9 heteroatoms. The lowest BCUT2D eigenvalue weighted by Gasteiger charge is -2.21. The largest absolute Gasteiger partial charge is 0.358 e. The first-order valence-electron chi connectivity index (χ1n) is 10.1. The van der Waals surface area contributed by atoms with Gasteiger partial charge in [0.05, 0.1) is 29.0 Å². The van der Waals surface area contributed by atoms with Gasteiger partial charge in [-0.1, -0.05) is 12.1 Å². The Morgan fingerprint density at radius 2 is 1.97 bits per heavy atom. The van der Waals surface area contributed by atoms with Crippen LogP contribution in [0.25, 0.3) is 27.8 Å². The van der Waals surface area contributed by atoms with Gasteiger partial charge in [-0.15, -0.1) is 0 Å². The molecule has 0 aliphatic rings. The van der Waals surface area contributed by atoms with Crippen LogP contribution >= 0.6 is 0 Å². The molecule has 8 nitrogen and oxygen atoms in total. The normalized spacial score (nSPS) is 12.4. The van der Waals surface area contributed by atoms with Gasteiger partial charge in [-0.05, 0) is 56.2 Å². The SMILES string of the molecule is Cc1cccc(-n2c([C@@H](C)Nc3ncnc4[nH]cnc34)nc3ccc(F)cc3c2=O)c1C. The molecule has 160 valence electrons. The van der Waals surface area contributed by atoms with Crippen molar-refractivity contribution in [2.45, 2.75) is 26.8 Å². The number of aromatic amines is 1. The average Bonchev–Trinajstić information content (AvgIpc) is 3.26. The van der Waals surface area contributed by atoms with Crippen molar-refractivity contribution in [1.82, 2.24) is 29.5 Å². The molecule has 0 fully saturated rings. The van der Waals surface area contributed by atoms with Crippen molar-refractivity contribution in [3.8, 4) is 5.69 Å². The molecule has 0 saturated heterocycles. The molecule has 0 spiro atoms. The molecule has 3 heterocycles. The van der Waals surface area contributed by atoms with E-state index >= 15 is 0 Å². The van der Waals surface area contributed by atoms with Crippen LogP contribution in [0.4, 0.5) is 10.2 Å². The van der Waals surface area contributed by atoms with Crippen LogP contribution in [0.2, 0.25) is 0 Å². The summed E-state index contributed by atoms with van der Waals surface area (Å²) in [6.45, 7) is 5.82. The smallest absolute Gasteiger partial charge is 0.266 e. The zero-order chi connectivity index (χ0) is 22.4. The van der Waals surface area contributed by atoms with Gasteiger partial charge in [-0.25, -0.2) is 24.3 Å². The molecule has 2 aromatic carbocycles. The molecule has 1 atom stereocenters. The third-order valence-corrected chi connectivity index (χ3v) is 5.63. The summed E-state index contributed by atoms with van der Waals surface area (Å²) < 4.78 is 15.5. The molecule has 0 unspecified atom stereocenters. The number of imidazole rings is 1. The highest BCUT2D eigenvalue weighted by atomic mass is 19.1. The van der Waals surface area contributed by atoms with E-state index in [-0.39, 0.29) is 10.9 Å². The van der Waals surface area contributed by atoms with E-state index < -0.39 is 11.9 Å². The van der Waals surface area contributed by atoms with Gasteiger partial charge in [0, 0.05) is 0 Å². The second-order valence-corrected chi connectivity index (χ2v) is 7.68. The Bertz CT molecular complexity index is 1540. The summed E-state index contributed by atoms with van der Waals surface area (Å²) in [7, 11) is 0. The number of rotatable bonds is 4. The maximum absolute atomic E-state index is 13.9. The Morgan fingerprint density at radius 1 is 1.12 bits per heavy atom. The van der Waals surface area contributed by atoms with Crippen molar-refractivity contribution in [3.05, 3.63) is 82.2 Å². The summed E-state index contributed by atoms with van der Waals surface area (Å²) >= 11 is 0. The minimum Gasteiger partial charge on any atom is -0.358 e. The van der Waals surface area contributed by atoms with Crippen molar-refractivity contribution in [3.63, 3.8) is 0 Å². The Labute approximate surface area is 182 Å². The quantitative estimate of drug-likeness (QED) is 0.448. The van der Waals surface area contributed by atoms with Crippen LogP contribution in [0.1, 0.15) is 29.9 Å². The first-order chi connectivity index (χ1) is 15.4. The van der Waals surface area contributed by atoms with Crippen LogP contribution in [-0.2, 0) is 0 Å². The number of fused-ring (bicyclic) bond motifs is 2. The average molecular weight is 429 g/mol. The minimum atomic E-state index is -0.482. The van der Waals surface area contributed by atoms with E-state index in [4.69, 9.17) is 4.98 Å². The van der Waals surface area contributed by atoms with Crippen LogP contribution in [-0.4, -0.2) is 29.5 Å². The number of benzene rings is 2. The maximum atomic E-state index is 13.9. The number of hydrogen-bond acceptors (Lipinski definition) is 6. The third kappa shape index (κ3) is 3.18. The third-order valence-electron chi connectivity index (χ3n) is 5.63. The second-order valence-electron chi connectivity index (χ2n) is 7.68. The minimum absolute atomic E-state index is 0.221. The molecule has 0 amide bonds. The van der Waals surface area contributed by atoms with E-state index in [1.807, 2.05) is 39.0 Å². The Hall–Kier alpha value is -4.14. The van der Waals surface area contributed by atoms with Gasteiger partial charge in [0.25, 0.3) is 5.56 Å². The molecule has 3 aromatic heterocycles. The van der Waals surface area contributed by atoms with Crippen molar-refractivity contribution in [2.24, 2.45) is 0 Å². The fraction of sp³-hybridized carbons (Fsp3) is 0.174. The predicted molar refractivity (Wildman–Crippen MR) is 120 cm³/mol. The van der Waals surface area contributed by atoms with Crippen molar-refractivity contribution in [1.29, 1.82) is 0 Å². The lowest BCUT2D eigenvalue weighted by atomic mass is 10.1. The van der Waals surface area contributed by atoms with E-state index in [0.717, 1.165) is 11.1 Å². The van der Waals surface area contributed by atoms with Crippen molar-refractivity contribution >= 4 is 27.9 Å². The molecule has 0 radical (unpaired) electrons. The Balaban J connectivity index is 1.74. The van der Waals surface area contributed by atoms with E-state index in [0.29, 0.717) is 34.0 Å². The van der Waals surface area contributed by atoms with Crippen LogP contribution < -0.4 is 10.9 Å². The van der Waals surface area contributed by atoms with E-state index in [9.17, 15) is 9.18 Å². The molecule has 0 aliphatic carbocycles. The van der Waals surface area contributed by atoms with Crippen LogP contribution in [0, 0.1) is 19.7 Å². The van der Waals surface area contributed by atoms with Crippen LogP contribution in [0.5, 0.6) is 0 Å². The number of H-pyrrole nitrogens is 1. The first kappa shape index (κ1) is 19.8. The number of aromatic nitrogens is 6. The number of aryl methyl sites for hydroxylation is 1. The molecule has 5 aromatic rings. The zero-order valence-electron chi connectivity index (χ0n) is 17.7. The van der Waals surface area contributed by atoms with E-state index in [1.54, 1.807) is 10.9 Å². The van der Waals surface area contributed by atoms with Gasteiger partial charge < -0.3 is 10.3 Å². The second kappa shape index (κ2) is 7.52. The first-order valence-corrected chi connectivity index (χ1v) is 10.1. The van der Waals surface area contributed by atoms with Crippen molar-refractivity contribution < 1.29 is 4.39 Å². The lowest BCUT2D eigenvalue weighted by Crippen LogP contribution is -2.28. The summed E-state index contributed by atoms with van der Waals surface area (Å²) in [6, 6.07) is 9.36. The van der Waals surface area contributed by atoms with E-state index in [2.05, 4.69) is 25.3 Å². The molecule has 32 heavy (non-hydrogen) atoms. The molecule has 0 aliphatic heterocycles. The summed E-state index contributed by atoms with van der Waals surface area (Å²) in [6.07, 6.45) is 2.98. The number of nitrogens with one attached hydrogen (secondary N) is 2. The molecular formula is C23H20FN7O. The predicted octanol–water partition coefficient (Wildman–Crippen LogP) is 3.98. The number of halogens is 1. The summed E-state index contributed by atoms with van der Waals surface area (Å²) in [5, 5.41) is 3.53. The van der Waals surface area contributed by atoms with Gasteiger partial charge in [0.1, 0.15) is 23.5 Å². The molecule has 5 rings (SSSR count). The summed E-state index contributed by atoms with van der Waals surface area (Å²) in [5.41, 5.74) is 3.96. The molecular weight excluding hydrogens is 409 g/mol. The van der Waals surface area contributed by atoms with Crippen LogP contribution in [0.3, 0.4) is 0 Å². The summed E-state index contributed by atoms with van der Waals surface area (Å²) in [5.74, 6) is 0.513. The van der Waals surface area contributed by atoms with Gasteiger partial charge >= 0.3 is 0 Å². The highest BCUT2D eigenvalue weighted by Crippen LogP contribution is 2.25. The Kier molecular flexibility index (Phi) is 4.66. The summed E-state index contributed by atoms with van der Waals surface area (Å²) in [4.78, 5) is 34.0. The molecule has 2 N–H and O–H groups in total. The fourth-order valence-corrected chi connectivity index (χ4v) is 3.82. The highest BCUT2D eigenvalue weighted by Gasteiger charge is 2.21. The van der Waals surface area contributed by atoms with Crippen molar-refractivity contribution in [2.75, 3.05) is 5.32 Å². The number of hydrogen-bond donors (Lipinski definition) is 2. The topological polar surface area (TPSA) is 101 Å². The van der Waals surface area contributed by atoms with E-state index in [1.165, 1.54) is 24.5 Å². The van der Waals surface area contributed by atoms with Gasteiger partial charge in [0.15, 0.2) is 11.5 Å². The van der Waals surface area contributed by atoms with Gasteiger partial charge in [-0.3, -0.25) is 9.36 Å². The standard InChI is InChI=1S/C23H20FN7O/c1-12-5-4-6-18(13(12)2)31-22(30-17-8-7-15(24)9-16(17)23(31)32)14(3)29-21-19-20(26-10-25-19)27-11-28-21/h4-11,14H,1-3H3,(H2,25,26,27,28,29)/t14-/m1/s1. The van der Waals surface area contributed by atoms with Gasteiger partial charge in [0.2, 0.25) is 0 Å².